The highest BCUT2D eigenvalue weighted by atomic mass is 79.9. The zero-order chi connectivity index (χ0) is 30.7. The number of hydrogen-bond donors (Lipinski definition) is 0. The van der Waals surface area contributed by atoms with Crippen molar-refractivity contribution in [1.29, 1.82) is 0 Å². The van der Waals surface area contributed by atoms with E-state index in [4.69, 9.17) is 14.5 Å². The lowest BCUT2D eigenvalue weighted by Gasteiger charge is -2.24. The van der Waals surface area contributed by atoms with Gasteiger partial charge >= 0.3 is 6.18 Å². The number of halogens is 4. The normalized spacial score (nSPS) is 16.0. The van der Waals surface area contributed by atoms with Crippen LogP contribution in [0.1, 0.15) is 42.2 Å². The molecule has 1 aliphatic heterocycles. The fraction of sp³-hybridized carbons (Fsp3) is 0.333. The predicted molar refractivity (Wildman–Crippen MR) is 165 cm³/mol. The molecule has 5 heterocycles. The SMILES string of the molecule is CSc1nc(OCc2ccccc2)c2c3c(Br)nn(-c4c(C(F)(F)F)c(C)cc5c4cnn5C4CCCCO4)c3n(C)c2n1. The number of aryl methyl sites for hydroxylation is 2. The first-order valence-corrected chi connectivity index (χ1v) is 16.0. The van der Waals surface area contributed by atoms with E-state index in [9.17, 15) is 13.2 Å². The number of ether oxygens (including phenoxy) is 2. The summed E-state index contributed by atoms with van der Waals surface area (Å²) in [6.45, 7) is 2.30. The van der Waals surface area contributed by atoms with Gasteiger partial charge in [0.25, 0.3) is 0 Å². The highest BCUT2D eigenvalue weighted by molar-refractivity contribution is 9.10. The van der Waals surface area contributed by atoms with E-state index in [0.717, 1.165) is 24.8 Å². The van der Waals surface area contributed by atoms with Crippen molar-refractivity contribution in [3.05, 3.63) is 63.9 Å². The number of alkyl halides is 3. The minimum atomic E-state index is -4.66. The van der Waals surface area contributed by atoms with Crippen molar-refractivity contribution in [3.63, 3.8) is 0 Å². The van der Waals surface area contributed by atoms with Gasteiger partial charge in [0.1, 0.15) is 16.9 Å². The monoisotopic (exact) mass is 685 g/mol. The number of hydrogen-bond acceptors (Lipinski definition) is 7. The van der Waals surface area contributed by atoms with Crippen molar-refractivity contribution in [3.8, 4) is 11.6 Å². The van der Waals surface area contributed by atoms with E-state index in [1.165, 1.54) is 35.6 Å². The molecule has 4 aromatic heterocycles. The molecule has 0 bridgehead atoms. The lowest BCUT2D eigenvalue weighted by atomic mass is 10.0. The standard InChI is InChI=1S/C30H27BrF3N7O2S/c1-16-13-19-18(14-35-40(19)20-11-7-8-12-42-20)24(23(16)30(32,33)34)41-28-21(25(31)38-41)22-26(39(28)2)36-29(44-3)37-27(22)43-15-17-9-5-4-6-10-17/h4-6,9-10,13-14,20H,7-8,11-12,15H2,1-3H3. The van der Waals surface area contributed by atoms with E-state index >= 15 is 0 Å². The average Bonchev–Trinajstić information content (AvgIpc) is 3.68. The second-order valence-corrected chi connectivity index (χ2v) is 12.2. The minimum Gasteiger partial charge on any atom is -0.472 e. The van der Waals surface area contributed by atoms with Gasteiger partial charge in [0.15, 0.2) is 17.0 Å². The highest BCUT2D eigenvalue weighted by Gasteiger charge is 2.39. The Morgan fingerprint density at radius 3 is 2.64 bits per heavy atom. The molecule has 0 spiro atoms. The largest absolute Gasteiger partial charge is 0.472 e. The maximum Gasteiger partial charge on any atom is 0.418 e. The van der Waals surface area contributed by atoms with E-state index in [1.807, 2.05) is 36.6 Å². The number of nitrogens with zero attached hydrogens (tertiary/aromatic N) is 7. The zero-order valence-corrected chi connectivity index (χ0v) is 26.4. The van der Waals surface area contributed by atoms with Crippen LogP contribution in [0.15, 0.2) is 52.4 Å². The van der Waals surface area contributed by atoms with Crippen LogP contribution in [0.25, 0.3) is 38.7 Å². The third kappa shape index (κ3) is 4.74. The van der Waals surface area contributed by atoms with Gasteiger partial charge in [-0.15, -0.1) is 0 Å². The Kier molecular flexibility index (Phi) is 7.33. The van der Waals surface area contributed by atoms with Crippen molar-refractivity contribution in [1.82, 2.24) is 34.1 Å². The Morgan fingerprint density at radius 1 is 1.14 bits per heavy atom. The molecule has 0 aliphatic carbocycles. The van der Waals surface area contributed by atoms with Crippen LogP contribution in [-0.2, 0) is 24.6 Å². The van der Waals surface area contributed by atoms with Gasteiger partial charge in [0.05, 0.1) is 33.7 Å². The quantitative estimate of drug-likeness (QED) is 0.131. The highest BCUT2D eigenvalue weighted by Crippen LogP contribution is 2.45. The summed E-state index contributed by atoms with van der Waals surface area (Å²) in [5, 5.41) is 11.1. The molecule has 7 rings (SSSR count). The predicted octanol–water partition coefficient (Wildman–Crippen LogP) is 7.75. The van der Waals surface area contributed by atoms with Crippen molar-refractivity contribution in [2.45, 2.75) is 50.4 Å². The lowest BCUT2D eigenvalue weighted by molar-refractivity contribution is -0.137. The molecule has 1 unspecified atom stereocenters. The van der Waals surface area contributed by atoms with Crippen LogP contribution in [0.3, 0.4) is 0 Å². The molecule has 2 aromatic carbocycles. The molecule has 0 radical (unpaired) electrons. The molecule has 0 amide bonds. The first-order valence-electron chi connectivity index (χ1n) is 14.0. The summed E-state index contributed by atoms with van der Waals surface area (Å²) in [5.74, 6) is 0.321. The topological polar surface area (TPSA) is 84.8 Å². The van der Waals surface area contributed by atoms with Crippen molar-refractivity contribution in [2.75, 3.05) is 12.9 Å². The van der Waals surface area contributed by atoms with Crippen LogP contribution in [0.2, 0.25) is 0 Å². The van der Waals surface area contributed by atoms with E-state index < -0.39 is 11.7 Å². The minimum absolute atomic E-state index is 0.0624. The van der Waals surface area contributed by atoms with Crippen molar-refractivity contribution >= 4 is 60.7 Å². The van der Waals surface area contributed by atoms with Crippen LogP contribution in [0.4, 0.5) is 13.2 Å². The van der Waals surface area contributed by atoms with Gasteiger partial charge in [0, 0.05) is 19.0 Å². The molecule has 1 saturated heterocycles. The molecule has 9 nitrogen and oxygen atoms in total. The Morgan fingerprint density at radius 2 is 1.93 bits per heavy atom. The summed E-state index contributed by atoms with van der Waals surface area (Å²) in [6, 6.07) is 11.2. The van der Waals surface area contributed by atoms with Crippen LogP contribution in [0, 0.1) is 6.92 Å². The summed E-state index contributed by atoms with van der Waals surface area (Å²) in [5.41, 5.74) is 1.58. The van der Waals surface area contributed by atoms with Gasteiger partial charge in [-0.25, -0.2) is 14.3 Å². The van der Waals surface area contributed by atoms with Crippen LogP contribution in [-0.4, -0.2) is 47.0 Å². The molecule has 0 N–H and O–H groups in total. The van der Waals surface area contributed by atoms with Crippen molar-refractivity contribution < 1.29 is 22.6 Å². The number of aromatic nitrogens is 7. The first-order chi connectivity index (χ1) is 21.2. The fourth-order valence-electron chi connectivity index (χ4n) is 5.98. The van der Waals surface area contributed by atoms with Crippen LogP contribution >= 0.6 is 27.7 Å². The second kappa shape index (κ2) is 11.1. The summed E-state index contributed by atoms with van der Waals surface area (Å²) in [4.78, 5) is 9.38. The van der Waals surface area contributed by atoms with Gasteiger partial charge in [-0.3, -0.25) is 0 Å². The third-order valence-electron chi connectivity index (χ3n) is 7.94. The zero-order valence-electron chi connectivity index (χ0n) is 24.0. The summed E-state index contributed by atoms with van der Waals surface area (Å²) >= 11 is 4.91. The second-order valence-electron chi connectivity index (χ2n) is 10.7. The molecule has 14 heteroatoms. The van der Waals surface area contributed by atoms with Crippen LogP contribution < -0.4 is 4.74 Å². The summed E-state index contributed by atoms with van der Waals surface area (Å²) < 4.78 is 61.9. The smallest absolute Gasteiger partial charge is 0.418 e. The molecule has 1 fully saturated rings. The fourth-order valence-corrected chi connectivity index (χ4v) is 6.86. The van der Waals surface area contributed by atoms with Crippen LogP contribution in [0.5, 0.6) is 5.88 Å². The molecule has 6 aromatic rings. The number of rotatable bonds is 6. The molecule has 1 atom stereocenters. The third-order valence-corrected chi connectivity index (χ3v) is 9.04. The van der Waals surface area contributed by atoms with Gasteiger partial charge < -0.3 is 14.0 Å². The van der Waals surface area contributed by atoms with E-state index in [0.29, 0.717) is 55.2 Å². The summed E-state index contributed by atoms with van der Waals surface area (Å²) in [6.07, 6.45) is 0.941. The van der Waals surface area contributed by atoms with Crippen molar-refractivity contribution in [2.24, 2.45) is 7.05 Å². The molecular weight excluding hydrogens is 659 g/mol. The Hall–Kier alpha value is -3.62. The lowest BCUT2D eigenvalue weighted by Crippen LogP contribution is -2.19. The number of thioether (sulfide) groups is 1. The molecule has 228 valence electrons. The Labute approximate surface area is 262 Å². The van der Waals surface area contributed by atoms with Gasteiger partial charge in [0.2, 0.25) is 5.88 Å². The number of benzene rings is 2. The first kappa shape index (κ1) is 29.1. The maximum atomic E-state index is 14.9. The maximum absolute atomic E-state index is 14.9. The molecule has 44 heavy (non-hydrogen) atoms. The molecule has 1 aliphatic rings. The van der Waals surface area contributed by atoms with Gasteiger partial charge in [-0.2, -0.15) is 28.4 Å². The molecular formula is C30H27BrF3N7O2S. The summed E-state index contributed by atoms with van der Waals surface area (Å²) in [7, 11) is 1.76. The Balaban J connectivity index is 1.50. The Bertz CT molecular complexity index is 2030. The van der Waals surface area contributed by atoms with Gasteiger partial charge in [-0.05, 0) is 65.6 Å². The average molecular weight is 687 g/mol. The van der Waals surface area contributed by atoms with Gasteiger partial charge in [-0.1, -0.05) is 42.1 Å². The van der Waals surface area contributed by atoms with E-state index in [-0.39, 0.29) is 24.1 Å². The van der Waals surface area contributed by atoms with E-state index in [2.05, 4.69) is 31.1 Å². The van der Waals surface area contributed by atoms with E-state index in [1.54, 1.807) is 16.3 Å². The molecule has 0 saturated carbocycles. The number of fused-ring (bicyclic) bond motifs is 4.